The van der Waals surface area contributed by atoms with Crippen molar-refractivity contribution in [1.82, 2.24) is 0 Å². The average molecular weight is 390 g/mol. The zero-order chi connectivity index (χ0) is 21.0. The molecule has 2 atom stereocenters. The molecule has 0 aromatic heterocycles. The number of nitrogens with zero attached hydrogens (tertiary/aromatic N) is 2. The van der Waals surface area contributed by atoms with Crippen LogP contribution >= 0.6 is 0 Å². The first-order chi connectivity index (χ1) is 13.2. The van der Waals surface area contributed by atoms with E-state index in [0.717, 1.165) is 11.0 Å². The zero-order valence-corrected chi connectivity index (χ0v) is 16.5. The maximum absolute atomic E-state index is 14.6. The lowest BCUT2D eigenvalue weighted by molar-refractivity contribution is -0.202. The molecule has 8 heteroatoms. The molecule has 0 bridgehead atoms. The number of carbonyl (C=O) groups excluding carboxylic acids is 2. The van der Waals surface area contributed by atoms with E-state index < -0.39 is 30.2 Å². The molecule has 1 aliphatic rings. The van der Waals surface area contributed by atoms with Gasteiger partial charge in [0.15, 0.2) is 12.6 Å². The molecule has 0 spiro atoms. The van der Waals surface area contributed by atoms with Crippen LogP contribution in [0.25, 0.3) is 0 Å². The maximum Gasteiger partial charge on any atom is 0.261 e. The first kappa shape index (κ1) is 21.5. The Hall–Kier alpha value is -2.76. The van der Waals surface area contributed by atoms with E-state index >= 15 is 0 Å². The number of nitriles is 1. The van der Waals surface area contributed by atoms with Crippen molar-refractivity contribution in [2.45, 2.75) is 53.6 Å². The standard InChI is InChI=1S/C20H23FN2O5/c1-6-26-12(4)27-13(5)28-18-9-17(16(21)7-14(18)10-22)23-19(24)8-15(11(2)3)20(23)25/h7,9,12-13H,6,8H2,1-5H3. The zero-order valence-electron chi connectivity index (χ0n) is 16.5. The Bertz CT molecular complexity index is 855. The molecule has 0 N–H and O–H groups in total. The van der Waals surface area contributed by atoms with Crippen molar-refractivity contribution < 1.29 is 28.2 Å². The number of ether oxygens (including phenoxy) is 3. The van der Waals surface area contributed by atoms with Crippen LogP contribution < -0.4 is 9.64 Å². The Balaban J connectivity index is 2.37. The Morgan fingerprint density at radius 3 is 2.50 bits per heavy atom. The molecule has 7 nitrogen and oxygen atoms in total. The van der Waals surface area contributed by atoms with E-state index in [1.807, 2.05) is 13.0 Å². The van der Waals surface area contributed by atoms with E-state index in [2.05, 4.69) is 0 Å². The lowest BCUT2D eigenvalue weighted by Gasteiger charge is -2.22. The van der Waals surface area contributed by atoms with Gasteiger partial charge in [0, 0.05) is 18.2 Å². The van der Waals surface area contributed by atoms with Crippen LogP contribution in [-0.2, 0) is 19.1 Å². The smallest absolute Gasteiger partial charge is 0.261 e. The largest absolute Gasteiger partial charge is 0.464 e. The molecule has 28 heavy (non-hydrogen) atoms. The third-order valence-electron chi connectivity index (χ3n) is 4.13. The molecule has 0 saturated carbocycles. The Morgan fingerprint density at radius 2 is 1.96 bits per heavy atom. The lowest BCUT2D eigenvalue weighted by atomic mass is 10.1. The second-order valence-corrected chi connectivity index (χ2v) is 6.45. The van der Waals surface area contributed by atoms with Crippen LogP contribution in [0, 0.1) is 17.1 Å². The van der Waals surface area contributed by atoms with Gasteiger partial charge in [0.05, 0.1) is 17.7 Å². The van der Waals surface area contributed by atoms with Gasteiger partial charge in [-0.3, -0.25) is 9.59 Å². The van der Waals surface area contributed by atoms with Crippen LogP contribution in [-0.4, -0.2) is 31.0 Å². The topological polar surface area (TPSA) is 88.9 Å². The molecule has 1 aromatic carbocycles. The van der Waals surface area contributed by atoms with Crippen LogP contribution in [0.15, 0.2) is 23.3 Å². The van der Waals surface area contributed by atoms with Crippen LogP contribution in [0.3, 0.4) is 0 Å². The minimum atomic E-state index is -0.864. The fourth-order valence-corrected chi connectivity index (χ4v) is 2.84. The van der Waals surface area contributed by atoms with Gasteiger partial charge in [0.2, 0.25) is 5.91 Å². The van der Waals surface area contributed by atoms with Crippen molar-refractivity contribution in [3.05, 3.63) is 34.7 Å². The summed E-state index contributed by atoms with van der Waals surface area (Å²) in [5.41, 5.74) is 0.685. The highest BCUT2D eigenvalue weighted by Gasteiger charge is 2.37. The van der Waals surface area contributed by atoms with Gasteiger partial charge in [0.25, 0.3) is 5.91 Å². The predicted octanol–water partition coefficient (Wildman–Crippen LogP) is 3.42. The second kappa shape index (κ2) is 8.95. The summed E-state index contributed by atoms with van der Waals surface area (Å²) in [5, 5.41) is 9.28. The van der Waals surface area contributed by atoms with E-state index in [9.17, 15) is 19.2 Å². The highest BCUT2D eigenvalue weighted by atomic mass is 19.1. The molecule has 1 fully saturated rings. The highest BCUT2D eigenvalue weighted by molar-refractivity contribution is 6.28. The fraction of sp³-hybridized carbons (Fsp3) is 0.450. The highest BCUT2D eigenvalue weighted by Crippen LogP contribution is 2.34. The number of hydrogen-bond donors (Lipinski definition) is 0. The van der Waals surface area contributed by atoms with Gasteiger partial charge in [-0.25, -0.2) is 9.29 Å². The second-order valence-electron chi connectivity index (χ2n) is 6.45. The van der Waals surface area contributed by atoms with Crippen molar-refractivity contribution in [2.75, 3.05) is 11.5 Å². The number of hydrogen-bond acceptors (Lipinski definition) is 6. The summed E-state index contributed by atoms with van der Waals surface area (Å²) in [7, 11) is 0. The Morgan fingerprint density at radius 1 is 1.29 bits per heavy atom. The molecule has 0 aliphatic carbocycles. The number of carbonyl (C=O) groups is 2. The normalized spacial score (nSPS) is 16.2. The summed E-state index contributed by atoms with van der Waals surface area (Å²) in [6.45, 7) is 8.97. The van der Waals surface area contributed by atoms with E-state index in [0.29, 0.717) is 17.8 Å². The number of amides is 2. The minimum Gasteiger partial charge on any atom is -0.464 e. The summed E-state index contributed by atoms with van der Waals surface area (Å²) >= 11 is 0. The number of imide groups is 1. The van der Waals surface area contributed by atoms with E-state index in [1.165, 1.54) is 6.07 Å². The molecule has 1 aliphatic heterocycles. The molecule has 150 valence electrons. The van der Waals surface area contributed by atoms with Crippen molar-refractivity contribution >= 4 is 17.5 Å². The van der Waals surface area contributed by atoms with Gasteiger partial charge in [-0.1, -0.05) is 5.57 Å². The van der Waals surface area contributed by atoms with Gasteiger partial charge in [0.1, 0.15) is 17.6 Å². The summed E-state index contributed by atoms with van der Waals surface area (Å²) in [5.74, 6) is -1.97. The third kappa shape index (κ3) is 4.55. The summed E-state index contributed by atoms with van der Waals surface area (Å²) in [6.07, 6.45) is -1.46. The lowest BCUT2D eigenvalue weighted by Crippen LogP contribution is -2.30. The van der Waals surface area contributed by atoms with Crippen molar-refractivity contribution in [3.8, 4) is 11.8 Å². The minimum absolute atomic E-state index is 0.00125. The first-order valence-corrected chi connectivity index (χ1v) is 8.90. The van der Waals surface area contributed by atoms with E-state index in [-0.39, 0.29) is 23.4 Å². The van der Waals surface area contributed by atoms with Crippen LogP contribution in [0.5, 0.6) is 5.75 Å². The molecular formula is C20H23FN2O5. The average Bonchev–Trinajstić information content (AvgIpc) is 2.91. The van der Waals surface area contributed by atoms with Gasteiger partial charge >= 0.3 is 0 Å². The monoisotopic (exact) mass is 390 g/mol. The SMILES string of the molecule is CCOC(C)OC(C)Oc1cc(N2C(=O)CC(=C(C)C)C2=O)c(F)cc1C#N. The predicted molar refractivity (Wildman–Crippen MR) is 98.9 cm³/mol. The molecule has 2 amide bonds. The van der Waals surface area contributed by atoms with E-state index in [1.54, 1.807) is 27.7 Å². The van der Waals surface area contributed by atoms with Crippen molar-refractivity contribution in [1.29, 1.82) is 5.26 Å². The summed E-state index contributed by atoms with van der Waals surface area (Å²) in [6, 6.07) is 3.94. The summed E-state index contributed by atoms with van der Waals surface area (Å²) in [4.78, 5) is 25.6. The van der Waals surface area contributed by atoms with Crippen LogP contribution in [0.2, 0.25) is 0 Å². The Labute approximate surface area is 163 Å². The molecule has 0 radical (unpaired) electrons. The first-order valence-electron chi connectivity index (χ1n) is 8.90. The number of rotatable bonds is 7. The fourth-order valence-electron chi connectivity index (χ4n) is 2.84. The van der Waals surface area contributed by atoms with Crippen LogP contribution in [0.4, 0.5) is 10.1 Å². The Kier molecular flexibility index (Phi) is 6.89. The number of halogens is 1. The molecule has 2 unspecified atom stereocenters. The third-order valence-corrected chi connectivity index (χ3v) is 4.13. The van der Waals surface area contributed by atoms with Crippen molar-refractivity contribution in [2.24, 2.45) is 0 Å². The van der Waals surface area contributed by atoms with Crippen molar-refractivity contribution in [3.63, 3.8) is 0 Å². The van der Waals surface area contributed by atoms with E-state index in [4.69, 9.17) is 14.2 Å². The molecule has 1 aromatic rings. The maximum atomic E-state index is 14.6. The summed E-state index contributed by atoms with van der Waals surface area (Å²) < 4.78 is 30.9. The number of anilines is 1. The quantitative estimate of drug-likeness (QED) is 0.403. The molecule has 2 rings (SSSR count). The molecular weight excluding hydrogens is 367 g/mol. The van der Waals surface area contributed by atoms with Gasteiger partial charge < -0.3 is 14.2 Å². The number of allylic oxidation sites excluding steroid dienone is 1. The molecule has 1 saturated heterocycles. The van der Waals surface area contributed by atoms with Gasteiger partial charge in [-0.2, -0.15) is 5.26 Å². The van der Waals surface area contributed by atoms with Crippen LogP contribution in [0.1, 0.15) is 46.6 Å². The van der Waals surface area contributed by atoms with Gasteiger partial charge in [-0.05, 0) is 40.7 Å². The molecule has 1 heterocycles. The number of benzene rings is 1. The van der Waals surface area contributed by atoms with Gasteiger partial charge in [-0.15, -0.1) is 0 Å².